The molecule has 0 aliphatic rings. The van der Waals surface area contributed by atoms with Crippen LogP contribution in [0.15, 0.2) is 30.3 Å². The van der Waals surface area contributed by atoms with Crippen molar-refractivity contribution in [2.24, 2.45) is 0 Å². The first-order valence-corrected chi connectivity index (χ1v) is 5.10. The molecular weight excluding hydrogens is 333 g/mol. The van der Waals surface area contributed by atoms with Gasteiger partial charge in [0.05, 0.1) is 0 Å². The first-order chi connectivity index (χ1) is 4.84. The van der Waals surface area contributed by atoms with Crippen molar-refractivity contribution < 1.29 is 39.5 Å². The number of rotatable bonds is 1. The van der Waals surface area contributed by atoms with Gasteiger partial charge >= 0.3 is 75.9 Å². The molecule has 0 aliphatic heterocycles. The molecule has 0 amide bonds. The zero-order valence-electron chi connectivity index (χ0n) is 5.91. The second-order valence-electron chi connectivity index (χ2n) is 1.80. The SMILES string of the molecule is O.O=C([O][Hg])c1ccccc1. The van der Waals surface area contributed by atoms with Crippen LogP contribution in [0.5, 0.6) is 0 Å². The normalized spacial score (nSPS) is 8.18. The summed E-state index contributed by atoms with van der Waals surface area (Å²) in [4.78, 5) is 10.8. The summed E-state index contributed by atoms with van der Waals surface area (Å²) in [6.45, 7) is 0. The van der Waals surface area contributed by atoms with Crippen LogP contribution in [0.1, 0.15) is 10.4 Å². The molecule has 0 radical (unpaired) electrons. The van der Waals surface area contributed by atoms with Gasteiger partial charge < -0.3 is 5.48 Å². The van der Waals surface area contributed by atoms with Crippen molar-refractivity contribution in [2.75, 3.05) is 0 Å². The molecule has 4 heteroatoms. The third-order valence-corrected chi connectivity index (χ3v) is 2.16. The van der Waals surface area contributed by atoms with Gasteiger partial charge in [0.25, 0.3) is 0 Å². The Bertz CT molecular complexity index is 222. The minimum atomic E-state index is -0.205. The van der Waals surface area contributed by atoms with Crippen molar-refractivity contribution in [3.8, 4) is 0 Å². The minimum absolute atomic E-state index is 0. The van der Waals surface area contributed by atoms with Crippen molar-refractivity contribution in [2.45, 2.75) is 0 Å². The number of carbonyl (C=O) groups excluding carboxylic acids is 1. The predicted molar refractivity (Wildman–Crippen MR) is 35.5 cm³/mol. The van der Waals surface area contributed by atoms with Crippen molar-refractivity contribution >= 4 is 5.97 Å². The molecule has 0 aliphatic carbocycles. The summed E-state index contributed by atoms with van der Waals surface area (Å²) in [7, 11) is 0. The van der Waals surface area contributed by atoms with Gasteiger partial charge in [-0.2, -0.15) is 0 Å². The summed E-state index contributed by atoms with van der Waals surface area (Å²) >= 11 is 0.0932. The van der Waals surface area contributed by atoms with E-state index in [9.17, 15) is 4.79 Å². The zero-order valence-corrected chi connectivity index (χ0v) is 11.4. The summed E-state index contributed by atoms with van der Waals surface area (Å²) in [5.74, 6) is -0.205. The average Bonchev–Trinajstić information content (AvgIpc) is 2.05. The summed E-state index contributed by atoms with van der Waals surface area (Å²) in [6.07, 6.45) is 0. The first-order valence-electron chi connectivity index (χ1n) is 2.86. The number of carbonyl (C=O) groups is 1. The molecule has 1 aromatic rings. The Balaban J connectivity index is 0.000001000. The van der Waals surface area contributed by atoms with Crippen LogP contribution in [0.25, 0.3) is 0 Å². The van der Waals surface area contributed by atoms with Crippen LogP contribution in [0.2, 0.25) is 0 Å². The van der Waals surface area contributed by atoms with Crippen molar-refractivity contribution in [1.82, 2.24) is 0 Å². The first kappa shape index (κ1) is 10.6. The zero-order chi connectivity index (χ0) is 7.40. The molecule has 0 unspecified atom stereocenters. The van der Waals surface area contributed by atoms with Gasteiger partial charge in [0.15, 0.2) is 0 Å². The molecule has 0 bridgehead atoms. The Morgan fingerprint density at radius 3 is 2.27 bits per heavy atom. The molecule has 1 aromatic carbocycles. The number of benzene rings is 1. The van der Waals surface area contributed by atoms with Gasteiger partial charge in [-0.25, -0.2) is 0 Å². The number of hydrogen-bond acceptors (Lipinski definition) is 2. The van der Waals surface area contributed by atoms with Gasteiger partial charge in [-0.3, -0.25) is 0 Å². The Labute approximate surface area is 81.3 Å². The molecule has 0 atom stereocenters. The maximum atomic E-state index is 10.8. The van der Waals surface area contributed by atoms with Gasteiger partial charge in [0.1, 0.15) is 0 Å². The van der Waals surface area contributed by atoms with Crippen molar-refractivity contribution in [3.63, 3.8) is 0 Å². The summed E-state index contributed by atoms with van der Waals surface area (Å²) in [6, 6.07) is 9.00. The van der Waals surface area contributed by atoms with Crippen molar-refractivity contribution in [3.05, 3.63) is 35.9 Å². The molecule has 0 aromatic heterocycles. The van der Waals surface area contributed by atoms with Crippen LogP contribution in [-0.4, -0.2) is 11.4 Å². The van der Waals surface area contributed by atoms with Crippen LogP contribution < -0.4 is 0 Å². The molecule has 55 valence electrons. The second-order valence-corrected chi connectivity index (χ2v) is 2.92. The van der Waals surface area contributed by atoms with E-state index in [1.807, 2.05) is 18.2 Å². The molecular formula is C7H7HgO3. The summed E-state index contributed by atoms with van der Waals surface area (Å²) in [5, 5.41) is 0. The third-order valence-electron chi connectivity index (χ3n) is 1.14. The fourth-order valence-electron chi connectivity index (χ4n) is 0.658. The molecule has 2 N–H and O–H groups in total. The van der Waals surface area contributed by atoms with E-state index in [1.165, 1.54) is 0 Å². The van der Waals surface area contributed by atoms with Crippen LogP contribution in [0, 0.1) is 0 Å². The molecule has 0 heterocycles. The van der Waals surface area contributed by atoms with Gasteiger partial charge in [-0.1, -0.05) is 0 Å². The fraction of sp³-hybridized carbons (Fsp3) is 0. The van der Waals surface area contributed by atoms with E-state index in [0.29, 0.717) is 5.56 Å². The Morgan fingerprint density at radius 1 is 1.27 bits per heavy atom. The molecule has 0 saturated carbocycles. The molecule has 0 fully saturated rings. The molecule has 0 saturated heterocycles. The van der Waals surface area contributed by atoms with Crippen LogP contribution in [-0.2, 0) is 29.2 Å². The van der Waals surface area contributed by atoms with E-state index in [2.05, 4.69) is 0 Å². The summed E-state index contributed by atoms with van der Waals surface area (Å²) < 4.78 is 4.69. The van der Waals surface area contributed by atoms with Gasteiger partial charge in [-0.15, -0.1) is 0 Å². The monoisotopic (exact) mass is 341 g/mol. The van der Waals surface area contributed by atoms with Crippen LogP contribution in [0.4, 0.5) is 0 Å². The van der Waals surface area contributed by atoms with Crippen LogP contribution in [0.3, 0.4) is 0 Å². The average molecular weight is 340 g/mol. The standard InChI is InChI=1S/C7H6O2.Hg.H2O/c8-7(9)6-4-2-1-3-5-6;;/h1-5H,(H,8,9);;1H2/q;+1;/p-1. The molecule has 0 spiro atoms. The van der Waals surface area contributed by atoms with E-state index < -0.39 is 0 Å². The molecule has 1 rings (SSSR count). The van der Waals surface area contributed by atoms with E-state index >= 15 is 0 Å². The topological polar surface area (TPSA) is 57.8 Å². The number of hydrogen-bond donors (Lipinski definition) is 0. The predicted octanol–water partition coefficient (Wildman–Crippen LogP) is 0.481. The van der Waals surface area contributed by atoms with E-state index in [-0.39, 0.29) is 38.0 Å². The van der Waals surface area contributed by atoms with Gasteiger partial charge in [-0.05, 0) is 0 Å². The molecule has 11 heavy (non-hydrogen) atoms. The van der Waals surface area contributed by atoms with Gasteiger partial charge in [0, 0.05) is 0 Å². The van der Waals surface area contributed by atoms with Crippen LogP contribution >= 0.6 is 0 Å². The van der Waals surface area contributed by atoms with E-state index in [1.54, 1.807) is 12.1 Å². The Kier molecular flexibility index (Phi) is 5.07. The summed E-state index contributed by atoms with van der Waals surface area (Å²) in [5.41, 5.74) is 0.637. The van der Waals surface area contributed by atoms with Crippen molar-refractivity contribution in [1.29, 1.82) is 0 Å². The second kappa shape index (κ2) is 5.26. The third kappa shape index (κ3) is 2.99. The Hall–Kier alpha value is -0.415. The molecule has 3 nitrogen and oxygen atoms in total. The van der Waals surface area contributed by atoms with Gasteiger partial charge in [0.2, 0.25) is 0 Å². The fourth-order valence-corrected chi connectivity index (χ4v) is 1.31. The Morgan fingerprint density at radius 2 is 1.82 bits per heavy atom. The van der Waals surface area contributed by atoms with E-state index in [0.717, 1.165) is 0 Å². The van der Waals surface area contributed by atoms with E-state index in [4.69, 9.17) is 2.64 Å². The quantitative estimate of drug-likeness (QED) is 0.699. The maximum absolute atomic E-state index is 10.8.